The number of aromatic amines is 1. The van der Waals surface area contributed by atoms with Crippen molar-refractivity contribution >= 4 is 5.69 Å². The number of H-pyrrole nitrogens is 1. The van der Waals surface area contributed by atoms with E-state index in [9.17, 15) is 0 Å². The van der Waals surface area contributed by atoms with Crippen LogP contribution >= 0.6 is 0 Å². The molecule has 0 fully saturated rings. The third kappa shape index (κ3) is 1.11. The zero-order chi connectivity index (χ0) is 9.42. The first-order valence-electron chi connectivity index (χ1n) is 4.13. The molecule has 0 saturated carbocycles. The van der Waals surface area contributed by atoms with Crippen LogP contribution in [-0.2, 0) is 7.05 Å². The number of nitrogen functional groups attached to an aromatic ring is 1. The van der Waals surface area contributed by atoms with Crippen LogP contribution in [0.15, 0.2) is 18.3 Å². The van der Waals surface area contributed by atoms with Crippen molar-refractivity contribution in [1.29, 1.82) is 0 Å². The standard InChI is InChI=1S/C9H12N4/c1-6-8(10)9(13(2)12-6)7-4-3-5-11-7/h3-5,11H,10H2,1-2H3. The first-order valence-corrected chi connectivity index (χ1v) is 4.13. The first-order chi connectivity index (χ1) is 6.20. The van der Waals surface area contributed by atoms with Crippen molar-refractivity contribution in [2.45, 2.75) is 6.92 Å². The molecule has 0 amide bonds. The van der Waals surface area contributed by atoms with Gasteiger partial charge >= 0.3 is 0 Å². The largest absolute Gasteiger partial charge is 0.395 e. The Morgan fingerprint density at radius 1 is 1.54 bits per heavy atom. The molecule has 0 aliphatic carbocycles. The number of anilines is 1. The van der Waals surface area contributed by atoms with Gasteiger partial charge in [0, 0.05) is 13.2 Å². The lowest BCUT2D eigenvalue weighted by atomic mass is 10.2. The van der Waals surface area contributed by atoms with Gasteiger partial charge in [0.15, 0.2) is 0 Å². The van der Waals surface area contributed by atoms with E-state index in [4.69, 9.17) is 5.73 Å². The van der Waals surface area contributed by atoms with Gasteiger partial charge in [0.25, 0.3) is 0 Å². The number of aromatic nitrogens is 3. The van der Waals surface area contributed by atoms with Gasteiger partial charge < -0.3 is 10.7 Å². The van der Waals surface area contributed by atoms with Crippen LogP contribution in [0.25, 0.3) is 11.4 Å². The number of nitrogens with zero attached hydrogens (tertiary/aromatic N) is 2. The Labute approximate surface area is 76.4 Å². The van der Waals surface area contributed by atoms with Gasteiger partial charge in [-0.3, -0.25) is 4.68 Å². The number of hydrogen-bond donors (Lipinski definition) is 2. The maximum atomic E-state index is 5.89. The lowest BCUT2D eigenvalue weighted by Gasteiger charge is -1.99. The summed E-state index contributed by atoms with van der Waals surface area (Å²) < 4.78 is 1.79. The average Bonchev–Trinajstić information content (AvgIpc) is 2.63. The molecule has 0 unspecified atom stereocenters. The monoisotopic (exact) mass is 176 g/mol. The second-order valence-electron chi connectivity index (χ2n) is 3.06. The van der Waals surface area contributed by atoms with Crippen molar-refractivity contribution in [1.82, 2.24) is 14.8 Å². The topological polar surface area (TPSA) is 59.6 Å². The summed E-state index contributed by atoms with van der Waals surface area (Å²) in [6.07, 6.45) is 1.87. The van der Waals surface area contributed by atoms with E-state index in [1.54, 1.807) is 4.68 Å². The molecule has 4 heteroatoms. The minimum atomic E-state index is 0.741. The summed E-state index contributed by atoms with van der Waals surface area (Å²) in [5.41, 5.74) is 9.45. The molecule has 2 rings (SSSR count). The molecule has 0 aromatic carbocycles. The molecular formula is C9H12N4. The summed E-state index contributed by atoms with van der Waals surface area (Å²) in [7, 11) is 1.89. The second kappa shape index (κ2) is 2.65. The van der Waals surface area contributed by atoms with E-state index in [1.807, 2.05) is 32.3 Å². The summed E-state index contributed by atoms with van der Waals surface area (Å²) in [6, 6.07) is 3.92. The van der Waals surface area contributed by atoms with Gasteiger partial charge in [-0.05, 0) is 19.1 Å². The van der Waals surface area contributed by atoms with Crippen molar-refractivity contribution < 1.29 is 0 Å². The fraction of sp³-hybridized carbons (Fsp3) is 0.222. The normalized spacial score (nSPS) is 10.6. The van der Waals surface area contributed by atoms with E-state index < -0.39 is 0 Å². The van der Waals surface area contributed by atoms with Gasteiger partial charge in [-0.1, -0.05) is 0 Å². The predicted molar refractivity (Wildman–Crippen MR) is 52.1 cm³/mol. The smallest absolute Gasteiger partial charge is 0.107 e. The third-order valence-electron chi connectivity index (χ3n) is 2.12. The van der Waals surface area contributed by atoms with E-state index in [-0.39, 0.29) is 0 Å². The minimum absolute atomic E-state index is 0.741. The molecule has 4 nitrogen and oxygen atoms in total. The number of hydrogen-bond acceptors (Lipinski definition) is 2. The van der Waals surface area contributed by atoms with Crippen LogP contribution in [0.2, 0.25) is 0 Å². The molecule has 13 heavy (non-hydrogen) atoms. The van der Waals surface area contributed by atoms with Crippen LogP contribution in [0.1, 0.15) is 5.69 Å². The molecule has 0 spiro atoms. The minimum Gasteiger partial charge on any atom is -0.395 e. The van der Waals surface area contributed by atoms with Gasteiger partial charge in [-0.15, -0.1) is 0 Å². The van der Waals surface area contributed by atoms with Gasteiger partial charge in [0.2, 0.25) is 0 Å². The zero-order valence-electron chi connectivity index (χ0n) is 7.70. The maximum absolute atomic E-state index is 5.89. The molecule has 2 heterocycles. The Morgan fingerprint density at radius 3 is 2.77 bits per heavy atom. The molecule has 0 aliphatic heterocycles. The number of nitrogens with one attached hydrogen (secondary N) is 1. The van der Waals surface area contributed by atoms with Crippen LogP contribution in [0.3, 0.4) is 0 Å². The fourth-order valence-corrected chi connectivity index (χ4v) is 1.47. The highest BCUT2D eigenvalue weighted by Crippen LogP contribution is 2.25. The van der Waals surface area contributed by atoms with Gasteiger partial charge in [0.1, 0.15) is 5.69 Å². The van der Waals surface area contributed by atoms with Crippen molar-refractivity contribution in [3.05, 3.63) is 24.0 Å². The Kier molecular flexibility index (Phi) is 1.62. The number of rotatable bonds is 1. The highest BCUT2D eigenvalue weighted by atomic mass is 15.3. The molecule has 3 N–H and O–H groups in total. The van der Waals surface area contributed by atoms with Crippen molar-refractivity contribution in [3.8, 4) is 11.4 Å². The molecule has 0 aliphatic rings. The van der Waals surface area contributed by atoms with Crippen LogP contribution in [0.4, 0.5) is 5.69 Å². The number of nitrogens with two attached hydrogens (primary N) is 1. The second-order valence-corrected chi connectivity index (χ2v) is 3.06. The van der Waals surface area contributed by atoms with E-state index in [1.165, 1.54) is 0 Å². The lowest BCUT2D eigenvalue weighted by molar-refractivity contribution is 0.762. The molecule has 68 valence electrons. The van der Waals surface area contributed by atoms with Crippen LogP contribution in [0, 0.1) is 6.92 Å². The molecule has 0 atom stereocenters. The van der Waals surface area contributed by atoms with Gasteiger partial charge in [0.05, 0.1) is 17.1 Å². The summed E-state index contributed by atoms with van der Waals surface area (Å²) in [6.45, 7) is 1.90. The molecule has 2 aromatic heterocycles. The van der Waals surface area contributed by atoms with Gasteiger partial charge in [-0.2, -0.15) is 5.10 Å². The summed E-state index contributed by atoms with van der Waals surface area (Å²) in [4.78, 5) is 3.11. The van der Waals surface area contributed by atoms with Crippen LogP contribution in [-0.4, -0.2) is 14.8 Å². The van der Waals surface area contributed by atoms with E-state index >= 15 is 0 Å². The molecular weight excluding hydrogens is 164 g/mol. The highest BCUT2D eigenvalue weighted by Gasteiger charge is 2.11. The summed E-state index contributed by atoms with van der Waals surface area (Å²) in [5, 5.41) is 4.24. The maximum Gasteiger partial charge on any atom is 0.107 e. The molecule has 2 aromatic rings. The van der Waals surface area contributed by atoms with Crippen molar-refractivity contribution in [2.75, 3.05) is 5.73 Å². The van der Waals surface area contributed by atoms with Crippen molar-refractivity contribution in [2.24, 2.45) is 7.05 Å². The third-order valence-corrected chi connectivity index (χ3v) is 2.12. The molecule has 0 radical (unpaired) electrons. The number of aryl methyl sites for hydroxylation is 2. The van der Waals surface area contributed by atoms with E-state index in [0.29, 0.717) is 0 Å². The summed E-state index contributed by atoms with van der Waals surface area (Å²) in [5.74, 6) is 0. The first kappa shape index (κ1) is 7.91. The Balaban J connectivity index is 2.64. The van der Waals surface area contributed by atoms with Crippen molar-refractivity contribution in [3.63, 3.8) is 0 Å². The quantitative estimate of drug-likeness (QED) is 0.688. The molecule has 0 saturated heterocycles. The molecule has 0 bridgehead atoms. The van der Waals surface area contributed by atoms with Crippen LogP contribution in [0.5, 0.6) is 0 Å². The Bertz CT molecular complexity index is 411. The van der Waals surface area contributed by atoms with Gasteiger partial charge in [-0.25, -0.2) is 0 Å². The van der Waals surface area contributed by atoms with E-state index in [0.717, 1.165) is 22.8 Å². The lowest BCUT2D eigenvalue weighted by Crippen LogP contribution is -1.95. The average molecular weight is 176 g/mol. The summed E-state index contributed by atoms with van der Waals surface area (Å²) >= 11 is 0. The SMILES string of the molecule is Cc1nn(C)c(-c2ccc[nH]2)c1N. The predicted octanol–water partition coefficient (Wildman–Crippen LogP) is 1.31. The van der Waals surface area contributed by atoms with Crippen LogP contribution < -0.4 is 5.73 Å². The Morgan fingerprint density at radius 2 is 2.31 bits per heavy atom. The fourth-order valence-electron chi connectivity index (χ4n) is 1.47. The highest BCUT2D eigenvalue weighted by molar-refractivity contribution is 5.72. The zero-order valence-corrected chi connectivity index (χ0v) is 7.70. The van der Waals surface area contributed by atoms with E-state index in [2.05, 4.69) is 10.1 Å². The Hall–Kier alpha value is -1.71.